The molecule has 66 valence electrons. The lowest BCUT2D eigenvalue weighted by molar-refractivity contribution is -0.119. The monoisotopic (exact) mass is 181 g/mol. The van der Waals surface area contributed by atoms with Crippen molar-refractivity contribution in [1.82, 2.24) is 5.32 Å². The number of aliphatic hydroxyl groups is 2. The van der Waals surface area contributed by atoms with Crippen molar-refractivity contribution >= 4 is 17.5 Å². The highest BCUT2D eigenvalue weighted by atomic mass is 35.5. The summed E-state index contributed by atoms with van der Waals surface area (Å²) in [4.78, 5) is 10.5. The highest BCUT2D eigenvalue weighted by molar-refractivity contribution is 6.27. The van der Waals surface area contributed by atoms with Crippen LogP contribution in [-0.2, 0) is 4.79 Å². The molecule has 0 radical (unpaired) electrons. The van der Waals surface area contributed by atoms with Gasteiger partial charge in [-0.05, 0) is 6.42 Å². The topological polar surface area (TPSA) is 69.6 Å². The Kier molecular flexibility index (Phi) is 6.21. The van der Waals surface area contributed by atoms with Gasteiger partial charge >= 0.3 is 0 Å². The lowest BCUT2D eigenvalue weighted by atomic mass is 10.2. The van der Waals surface area contributed by atoms with E-state index >= 15 is 0 Å². The molecule has 11 heavy (non-hydrogen) atoms. The molecule has 5 heteroatoms. The summed E-state index contributed by atoms with van der Waals surface area (Å²) in [7, 11) is 0. The number of alkyl halides is 1. The van der Waals surface area contributed by atoms with E-state index in [4.69, 9.17) is 21.8 Å². The number of carbonyl (C=O) groups excluding carboxylic acids is 1. The second-order valence-electron chi connectivity index (χ2n) is 2.10. The molecule has 3 N–H and O–H groups in total. The number of hydrogen-bond acceptors (Lipinski definition) is 3. The molecule has 4 nitrogen and oxygen atoms in total. The van der Waals surface area contributed by atoms with E-state index in [1.54, 1.807) is 0 Å². The van der Waals surface area contributed by atoms with Crippen LogP contribution in [0.3, 0.4) is 0 Å². The van der Waals surface area contributed by atoms with Gasteiger partial charge in [0.25, 0.3) is 0 Å². The maximum atomic E-state index is 10.5. The summed E-state index contributed by atoms with van der Waals surface area (Å²) >= 11 is 5.17. The second-order valence-corrected chi connectivity index (χ2v) is 2.37. The van der Waals surface area contributed by atoms with Crippen LogP contribution in [0.15, 0.2) is 0 Å². The minimum atomic E-state index is -0.688. The summed E-state index contributed by atoms with van der Waals surface area (Å²) in [5.41, 5.74) is 0. The first kappa shape index (κ1) is 10.7. The Morgan fingerprint density at radius 3 is 2.73 bits per heavy atom. The number of amides is 1. The molecule has 1 amide bonds. The van der Waals surface area contributed by atoms with E-state index in [-0.39, 0.29) is 31.4 Å². The van der Waals surface area contributed by atoms with Gasteiger partial charge in [-0.2, -0.15) is 0 Å². The molecule has 0 rings (SSSR count). The minimum Gasteiger partial charge on any atom is -0.396 e. The van der Waals surface area contributed by atoms with Gasteiger partial charge in [0, 0.05) is 13.2 Å². The molecule has 0 aromatic rings. The van der Waals surface area contributed by atoms with E-state index in [2.05, 4.69) is 5.32 Å². The Labute approximate surface area is 70.2 Å². The Morgan fingerprint density at radius 2 is 2.27 bits per heavy atom. The number of halogens is 1. The van der Waals surface area contributed by atoms with E-state index in [1.165, 1.54) is 0 Å². The molecule has 0 fully saturated rings. The molecule has 0 aliphatic heterocycles. The van der Waals surface area contributed by atoms with Crippen molar-refractivity contribution in [3.8, 4) is 0 Å². The van der Waals surface area contributed by atoms with Crippen molar-refractivity contribution in [1.29, 1.82) is 0 Å². The normalized spacial score (nSPS) is 12.6. The molecule has 0 saturated carbocycles. The third-order valence-electron chi connectivity index (χ3n) is 1.12. The van der Waals surface area contributed by atoms with Crippen LogP contribution < -0.4 is 5.32 Å². The summed E-state index contributed by atoms with van der Waals surface area (Å²) in [6.07, 6.45) is -0.421. The first-order valence-electron chi connectivity index (χ1n) is 3.32. The third kappa shape index (κ3) is 6.09. The molecule has 1 atom stereocenters. The average molecular weight is 182 g/mol. The number of carbonyl (C=O) groups is 1. The highest BCUT2D eigenvalue weighted by Gasteiger charge is 2.04. The maximum Gasteiger partial charge on any atom is 0.235 e. The lowest BCUT2D eigenvalue weighted by Crippen LogP contribution is -2.33. The van der Waals surface area contributed by atoms with Crippen LogP contribution in [-0.4, -0.2) is 41.3 Å². The van der Waals surface area contributed by atoms with E-state index in [0.717, 1.165) is 0 Å². The molecule has 0 aromatic carbocycles. The molecule has 0 aliphatic rings. The van der Waals surface area contributed by atoms with Crippen LogP contribution in [0.2, 0.25) is 0 Å². The van der Waals surface area contributed by atoms with Gasteiger partial charge in [-0.15, -0.1) is 11.6 Å². The molecule has 1 unspecified atom stereocenters. The van der Waals surface area contributed by atoms with Crippen LogP contribution in [0.4, 0.5) is 0 Å². The summed E-state index contributed by atoms with van der Waals surface area (Å²) < 4.78 is 0. The predicted octanol–water partition coefficient (Wildman–Crippen LogP) is -0.915. The van der Waals surface area contributed by atoms with Gasteiger partial charge in [0.15, 0.2) is 0 Å². The molecule has 0 bridgehead atoms. The van der Waals surface area contributed by atoms with Crippen molar-refractivity contribution in [2.45, 2.75) is 12.5 Å². The zero-order valence-corrected chi connectivity index (χ0v) is 6.84. The van der Waals surface area contributed by atoms with Crippen molar-refractivity contribution < 1.29 is 15.0 Å². The van der Waals surface area contributed by atoms with E-state index in [1.807, 2.05) is 0 Å². The summed E-state index contributed by atoms with van der Waals surface area (Å²) in [6, 6.07) is 0. The first-order valence-corrected chi connectivity index (χ1v) is 3.85. The van der Waals surface area contributed by atoms with Crippen LogP contribution >= 0.6 is 11.6 Å². The minimum absolute atomic E-state index is 0.0854. The molecule has 0 aliphatic carbocycles. The van der Waals surface area contributed by atoms with Gasteiger partial charge in [0.1, 0.15) is 5.88 Å². The Bertz CT molecular complexity index is 120. The van der Waals surface area contributed by atoms with Gasteiger partial charge in [-0.3, -0.25) is 4.79 Å². The van der Waals surface area contributed by atoms with Gasteiger partial charge in [0.05, 0.1) is 6.10 Å². The van der Waals surface area contributed by atoms with Crippen molar-refractivity contribution in [3.63, 3.8) is 0 Å². The quantitative estimate of drug-likeness (QED) is 0.481. The van der Waals surface area contributed by atoms with E-state index in [0.29, 0.717) is 0 Å². The zero-order chi connectivity index (χ0) is 8.69. The molecular formula is C6H12ClNO3. The molecular weight excluding hydrogens is 170 g/mol. The van der Waals surface area contributed by atoms with Gasteiger partial charge in [0.2, 0.25) is 5.91 Å². The van der Waals surface area contributed by atoms with Crippen molar-refractivity contribution in [2.75, 3.05) is 19.0 Å². The second kappa shape index (κ2) is 6.39. The van der Waals surface area contributed by atoms with Crippen LogP contribution in [0, 0.1) is 0 Å². The number of aliphatic hydroxyl groups excluding tert-OH is 2. The number of rotatable bonds is 5. The Balaban J connectivity index is 3.29. The fourth-order valence-electron chi connectivity index (χ4n) is 0.530. The summed E-state index contributed by atoms with van der Waals surface area (Å²) in [6.45, 7) is 0.0595. The van der Waals surface area contributed by atoms with Crippen molar-refractivity contribution in [3.05, 3.63) is 0 Å². The Hall–Kier alpha value is -0.320. The molecule has 0 aromatic heterocycles. The van der Waals surface area contributed by atoms with Gasteiger partial charge in [-0.25, -0.2) is 0 Å². The molecule has 0 saturated heterocycles. The number of nitrogens with one attached hydrogen (secondary N) is 1. The first-order chi connectivity index (χ1) is 5.20. The standard InChI is InChI=1S/C6H12ClNO3/c7-3-6(11)8-4-5(10)1-2-9/h5,9-10H,1-4H2,(H,8,11). The maximum absolute atomic E-state index is 10.5. The van der Waals surface area contributed by atoms with Crippen LogP contribution in [0.5, 0.6) is 0 Å². The van der Waals surface area contributed by atoms with E-state index in [9.17, 15) is 4.79 Å². The third-order valence-corrected chi connectivity index (χ3v) is 1.36. The van der Waals surface area contributed by atoms with Gasteiger partial charge < -0.3 is 15.5 Å². The highest BCUT2D eigenvalue weighted by Crippen LogP contribution is 1.87. The summed E-state index contributed by atoms with van der Waals surface area (Å²) in [5.74, 6) is -0.421. The lowest BCUT2D eigenvalue weighted by Gasteiger charge is -2.08. The predicted molar refractivity (Wildman–Crippen MR) is 41.4 cm³/mol. The smallest absolute Gasteiger partial charge is 0.235 e. The summed E-state index contributed by atoms with van der Waals surface area (Å²) in [5, 5.41) is 19.7. The molecule has 0 spiro atoms. The van der Waals surface area contributed by atoms with Gasteiger partial charge in [-0.1, -0.05) is 0 Å². The largest absolute Gasteiger partial charge is 0.396 e. The molecule has 0 heterocycles. The SMILES string of the molecule is O=C(CCl)NCC(O)CCO. The zero-order valence-electron chi connectivity index (χ0n) is 6.09. The Morgan fingerprint density at radius 1 is 1.64 bits per heavy atom. The fourth-order valence-corrected chi connectivity index (χ4v) is 0.624. The fraction of sp³-hybridized carbons (Fsp3) is 0.833. The van der Waals surface area contributed by atoms with Crippen LogP contribution in [0.1, 0.15) is 6.42 Å². The van der Waals surface area contributed by atoms with E-state index < -0.39 is 6.10 Å². The van der Waals surface area contributed by atoms with Crippen LogP contribution in [0.25, 0.3) is 0 Å². The average Bonchev–Trinajstić information content (AvgIpc) is 2.01. The number of hydrogen-bond donors (Lipinski definition) is 3. The van der Waals surface area contributed by atoms with Crippen molar-refractivity contribution in [2.24, 2.45) is 0 Å².